The van der Waals surface area contributed by atoms with E-state index in [1.807, 2.05) is 0 Å². The maximum atomic E-state index is 12.8. The Balaban J connectivity index is 1.76. The number of anilines is 2. The third kappa shape index (κ3) is 2.60. The largest absolute Gasteiger partial charge is 0.487 e. The smallest absolute Gasteiger partial charge is 0.420 e. The monoisotopic (exact) mass is 396 g/mol. The standard InChI is InChI=1S/C17H11ClF2N2O3S/c18-17(19,20)25-11-7-5-10(6-8-11)22-14(23)9-26-16(22)12-3-1-2-4-13(12)21-15(16)24/h1-8H,9H2,(H,21,24)/t16-/m0/s1. The minimum Gasteiger partial charge on any atom is -0.420 e. The lowest BCUT2D eigenvalue weighted by atomic mass is 10.0. The van der Waals surface area contributed by atoms with E-state index in [0.29, 0.717) is 16.9 Å². The Morgan fingerprint density at radius 1 is 1.15 bits per heavy atom. The molecule has 4 rings (SSSR count). The molecular formula is C17H11ClF2N2O3S. The molecule has 1 atom stereocenters. The van der Waals surface area contributed by atoms with E-state index >= 15 is 0 Å². The second kappa shape index (κ2) is 5.85. The molecule has 2 aromatic rings. The molecule has 0 saturated carbocycles. The Labute approximate surface area is 156 Å². The zero-order valence-corrected chi connectivity index (χ0v) is 14.6. The lowest BCUT2D eigenvalue weighted by molar-refractivity contribution is -0.122. The fourth-order valence-electron chi connectivity index (χ4n) is 3.18. The maximum absolute atomic E-state index is 12.8. The van der Waals surface area contributed by atoms with Crippen molar-refractivity contribution in [3.63, 3.8) is 0 Å². The normalized spacial score (nSPS) is 21.9. The van der Waals surface area contributed by atoms with Crippen molar-refractivity contribution in [2.24, 2.45) is 0 Å². The molecule has 1 N–H and O–H groups in total. The molecule has 0 bridgehead atoms. The average Bonchev–Trinajstić information content (AvgIpc) is 3.06. The van der Waals surface area contributed by atoms with E-state index in [9.17, 15) is 18.4 Å². The van der Waals surface area contributed by atoms with Gasteiger partial charge in [0.05, 0.1) is 5.75 Å². The van der Waals surface area contributed by atoms with Gasteiger partial charge in [0.1, 0.15) is 5.75 Å². The molecule has 2 heterocycles. The van der Waals surface area contributed by atoms with Crippen molar-refractivity contribution < 1.29 is 23.1 Å². The quantitative estimate of drug-likeness (QED) is 0.803. The summed E-state index contributed by atoms with van der Waals surface area (Å²) in [6.07, 6.45) is 0. The summed E-state index contributed by atoms with van der Waals surface area (Å²) in [6, 6.07) is 12.6. The van der Waals surface area contributed by atoms with Gasteiger partial charge >= 0.3 is 5.57 Å². The topological polar surface area (TPSA) is 58.6 Å². The van der Waals surface area contributed by atoms with Gasteiger partial charge in [0.15, 0.2) is 0 Å². The summed E-state index contributed by atoms with van der Waals surface area (Å²) in [4.78, 5) is 25.5. The third-order valence-corrected chi connectivity index (χ3v) is 5.62. The van der Waals surface area contributed by atoms with Crippen LogP contribution in [-0.4, -0.2) is 23.1 Å². The molecule has 134 valence electrons. The molecule has 26 heavy (non-hydrogen) atoms. The summed E-state index contributed by atoms with van der Waals surface area (Å²) < 4.78 is 29.8. The van der Waals surface area contributed by atoms with Gasteiger partial charge in [-0.3, -0.25) is 14.5 Å². The molecule has 9 heteroatoms. The first-order valence-electron chi connectivity index (χ1n) is 7.55. The molecule has 1 fully saturated rings. The van der Waals surface area contributed by atoms with Crippen LogP contribution in [0.5, 0.6) is 5.75 Å². The van der Waals surface area contributed by atoms with Crippen LogP contribution in [0.25, 0.3) is 0 Å². The summed E-state index contributed by atoms with van der Waals surface area (Å²) in [5.74, 6) is -0.599. The lowest BCUT2D eigenvalue weighted by Gasteiger charge is -2.32. The molecule has 0 unspecified atom stereocenters. The Morgan fingerprint density at radius 3 is 2.54 bits per heavy atom. The number of carbonyl (C=O) groups excluding carboxylic acids is 2. The van der Waals surface area contributed by atoms with E-state index in [4.69, 9.17) is 11.6 Å². The molecule has 0 aromatic heterocycles. The predicted molar refractivity (Wildman–Crippen MR) is 94.6 cm³/mol. The van der Waals surface area contributed by atoms with E-state index in [-0.39, 0.29) is 23.3 Å². The third-order valence-electron chi connectivity index (χ3n) is 4.15. The molecule has 2 aliphatic rings. The number of halogens is 3. The van der Waals surface area contributed by atoms with Crippen molar-refractivity contribution in [3.05, 3.63) is 54.1 Å². The fraction of sp³-hybridized carbons (Fsp3) is 0.176. The van der Waals surface area contributed by atoms with E-state index in [2.05, 4.69) is 10.1 Å². The zero-order valence-electron chi connectivity index (χ0n) is 13.0. The first kappa shape index (κ1) is 17.1. The van der Waals surface area contributed by atoms with Gasteiger partial charge in [-0.25, -0.2) is 0 Å². The number of hydrogen-bond donors (Lipinski definition) is 1. The predicted octanol–water partition coefficient (Wildman–Crippen LogP) is 3.74. The summed E-state index contributed by atoms with van der Waals surface area (Å²) in [5.41, 5.74) is -2.09. The Kier molecular flexibility index (Phi) is 3.85. The molecule has 0 radical (unpaired) electrons. The van der Waals surface area contributed by atoms with Crippen molar-refractivity contribution in [3.8, 4) is 5.75 Å². The molecule has 1 saturated heterocycles. The number of ether oxygens (including phenoxy) is 1. The second-order valence-corrected chi connectivity index (χ2v) is 7.31. The summed E-state index contributed by atoms with van der Waals surface area (Å²) in [7, 11) is 0. The minimum absolute atomic E-state index is 0.125. The highest BCUT2D eigenvalue weighted by atomic mass is 35.5. The number of rotatable bonds is 3. The number of hydrogen-bond acceptors (Lipinski definition) is 4. The highest BCUT2D eigenvalue weighted by Gasteiger charge is 2.58. The first-order valence-corrected chi connectivity index (χ1v) is 8.91. The molecule has 5 nitrogen and oxygen atoms in total. The Hall–Kier alpha value is -2.32. The number of benzene rings is 2. The highest BCUT2D eigenvalue weighted by Crippen LogP contribution is 2.53. The van der Waals surface area contributed by atoms with Crippen molar-refractivity contribution in [1.82, 2.24) is 0 Å². The van der Waals surface area contributed by atoms with E-state index in [0.717, 1.165) is 0 Å². The molecule has 2 amide bonds. The lowest BCUT2D eigenvalue weighted by Crippen LogP contribution is -2.47. The van der Waals surface area contributed by atoms with Crippen LogP contribution in [0, 0.1) is 0 Å². The number of nitrogens with zero attached hydrogens (tertiary/aromatic N) is 1. The van der Waals surface area contributed by atoms with Crippen LogP contribution < -0.4 is 15.0 Å². The zero-order chi connectivity index (χ0) is 18.5. The molecule has 2 aliphatic heterocycles. The van der Waals surface area contributed by atoms with Gasteiger partial charge < -0.3 is 10.1 Å². The number of fused-ring (bicyclic) bond motifs is 2. The number of amides is 2. The van der Waals surface area contributed by atoms with Gasteiger partial charge in [-0.2, -0.15) is 0 Å². The van der Waals surface area contributed by atoms with Crippen molar-refractivity contribution >= 4 is 46.6 Å². The van der Waals surface area contributed by atoms with Gasteiger partial charge in [0.2, 0.25) is 10.8 Å². The van der Waals surface area contributed by atoms with Gasteiger partial charge in [-0.1, -0.05) is 18.2 Å². The van der Waals surface area contributed by atoms with Gasteiger partial charge in [-0.15, -0.1) is 20.5 Å². The van der Waals surface area contributed by atoms with Gasteiger partial charge in [-0.05, 0) is 30.3 Å². The molecular weight excluding hydrogens is 386 g/mol. The number of carbonyl (C=O) groups is 2. The highest BCUT2D eigenvalue weighted by molar-refractivity contribution is 8.02. The summed E-state index contributed by atoms with van der Waals surface area (Å²) in [6.45, 7) is 0. The van der Waals surface area contributed by atoms with Crippen LogP contribution in [0.4, 0.5) is 20.2 Å². The van der Waals surface area contributed by atoms with Gasteiger partial charge in [0.25, 0.3) is 5.91 Å². The first-order chi connectivity index (χ1) is 12.3. The number of thioether (sulfide) groups is 1. The van der Waals surface area contributed by atoms with E-state index < -0.39 is 10.4 Å². The van der Waals surface area contributed by atoms with E-state index in [1.54, 1.807) is 24.3 Å². The summed E-state index contributed by atoms with van der Waals surface area (Å²) in [5, 5.41) is 2.80. The fourth-order valence-corrected chi connectivity index (χ4v) is 4.58. The minimum atomic E-state index is -3.83. The number of para-hydroxylation sites is 1. The van der Waals surface area contributed by atoms with Crippen LogP contribution in [0.15, 0.2) is 48.5 Å². The van der Waals surface area contributed by atoms with E-state index in [1.165, 1.54) is 40.9 Å². The molecule has 0 aliphatic carbocycles. The van der Waals surface area contributed by atoms with Crippen molar-refractivity contribution in [2.45, 2.75) is 10.4 Å². The second-order valence-electron chi connectivity index (χ2n) is 5.70. The van der Waals surface area contributed by atoms with Crippen LogP contribution in [0.3, 0.4) is 0 Å². The molecule has 1 spiro atoms. The number of alkyl halides is 3. The number of nitrogens with one attached hydrogen (secondary N) is 1. The Bertz CT molecular complexity index is 904. The van der Waals surface area contributed by atoms with Crippen LogP contribution in [0.1, 0.15) is 5.56 Å². The van der Waals surface area contributed by atoms with Crippen molar-refractivity contribution in [1.29, 1.82) is 0 Å². The SMILES string of the molecule is O=C1CS[C@@]2(C(=O)Nc3ccccc32)N1c1ccc(OC(F)(F)Cl)cc1. The van der Waals surface area contributed by atoms with Crippen LogP contribution in [-0.2, 0) is 14.5 Å². The van der Waals surface area contributed by atoms with Crippen molar-refractivity contribution in [2.75, 3.05) is 16.0 Å². The van der Waals surface area contributed by atoms with Gasteiger partial charge in [0, 0.05) is 28.5 Å². The Morgan fingerprint density at radius 2 is 1.85 bits per heavy atom. The summed E-state index contributed by atoms with van der Waals surface area (Å²) >= 11 is 5.98. The molecule has 2 aromatic carbocycles. The maximum Gasteiger partial charge on any atom is 0.487 e. The van der Waals surface area contributed by atoms with Crippen LogP contribution in [0.2, 0.25) is 0 Å². The van der Waals surface area contributed by atoms with Crippen LogP contribution >= 0.6 is 23.4 Å². The average molecular weight is 397 g/mol.